The number of anilines is 2. The molecule has 1 atom stereocenters. The maximum Gasteiger partial charge on any atom is 0.138 e. The Labute approximate surface area is 162 Å². The van der Waals surface area contributed by atoms with E-state index in [-0.39, 0.29) is 6.10 Å². The van der Waals surface area contributed by atoms with Crippen LogP contribution >= 0.6 is 11.6 Å². The molecule has 1 saturated carbocycles. The number of fused-ring (bicyclic) bond motifs is 1. The van der Waals surface area contributed by atoms with E-state index in [0.717, 1.165) is 54.1 Å². The molecule has 0 bridgehead atoms. The lowest BCUT2D eigenvalue weighted by Gasteiger charge is -2.37. The smallest absolute Gasteiger partial charge is 0.138 e. The third-order valence-electron chi connectivity index (χ3n) is 5.50. The standard InChI is InChI=1S/C21H20ClN3O2/c22-19-4-1-15(11-24-19)25-20-18-3-2-16(9-14(18)6-8-23-20)27-17-5-7-21(10-17)12-26-13-21/h1-4,6,8-9,11,17H,5,7,10,12-13H2,(H,23,25)/t17-/m0/s1. The summed E-state index contributed by atoms with van der Waals surface area (Å²) in [4.78, 5) is 8.57. The third kappa shape index (κ3) is 3.33. The van der Waals surface area contributed by atoms with E-state index < -0.39 is 0 Å². The van der Waals surface area contributed by atoms with Crippen LogP contribution < -0.4 is 10.1 Å². The molecule has 27 heavy (non-hydrogen) atoms. The predicted molar refractivity (Wildman–Crippen MR) is 106 cm³/mol. The second kappa shape index (κ2) is 6.66. The molecule has 0 amide bonds. The van der Waals surface area contributed by atoms with Crippen LogP contribution in [-0.4, -0.2) is 29.3 Å². The number of nitrogens with zero attached hydrogens (tertiary/aromatic N) is 2. The van der Waals surface area contributed by atoms with Gasteiger partial charge >= 0.3 is 0 Å². The van der Waals surface area contributed by atoms with Crippen molar-refractivity contribution in [2.75, 3.05) is 18.5 Å². The van der Waals surface area contributed by atoms with Crippen molar-refractivity contribution in [1.29, 1.82) is 0 Å². The summed E-state index contributed by atoms with van der Waals surface area (Å²) in [6.45, 7) is 1.79. The number of halogens is 1. The van der Waals surface area contributed by atoms with Crippen LogP contribution in [0.2, 0.25) is 5.15 Å². The molecule has 0 unspecified atom stereocenters. The number of pyridine rings is 2. The number of ether oxygens (including phenoxy) is 2. The second-order valence-corrected chi connectivity index (χ2v) is 7.90. The van der Waals surface area contributed by atoms with Gasteiger partial charge in [0.15, 0.2) is 0 Å². The minimum atomic E-state index is 0.283. The van der Waals surface area contributed by atoms with E-state index in [1.54, 1.807) is 18.5 Å². The van der Waals surface area contributed by atoms with Crippen molar-refractivity contribution in [3.8, 4) is 5.75 Å². The molecule has 3 aromatic rings. The van der Waals surface area contributed by atoms with Gasteiger partial charge in [0.1, 0.15) is 16.7 Å². The number of hydrogen-bond acceptors (Lipinski definition) is 5. The molecule has 1 N–H and O–H groups in total. The fourth-order valence-corrected chi connectivity index (χ4v) is 4.13. The van der Waals surface area contributed by atoms with E-state index in [9.17, 15) is 0 Å². The van der Waals surface area contributed by atoms with E-state index >= 15 is 0 Å². The normalized spacial score (nSPS) is 20.6. The van der Waals surface area contributed by atoms with Crippen LogP contribution in [0.15, 0.2) is 48.8 Å². The number of aromatic nitrogens is 2. The van der Waals surface area contributed by atoms with Crippen molar-refractivity contribution in [1.82, 2.24) is 9.97 Å². The lowest BCUT2D eigenvalue weighted by molar-refractivity contribution is -0.112. The van der Waals surface area contributed by atoms with Crippen molar-refractivity contribution < 1.29 is 9.47 Å². The molecule has 1 aromatic carbocycles. The Balaban J connectivity index is 1.36. The van der Waals surface area contributed by atoms with E-state index in [2.05, 4.69) is 27.4 Å². The fourth-order valence-electron chi connectivity index (χ4n) is 4.02. The van der Waals surface area contributed by atoms with Gasteiger partial charge in [-0.2, -0.15) is 0 Å². The Hall–Kier alpha value is -2.37. The molecule has 1 aliphatic carbocycles. The van der Waals surface area contributed by atoms with Gasteiger partial charge in [-0.1, -0.05) is 11.6 Å². The number of nitrogens with one attached hydrogen (secondary N) is 1. The number of rotatable bonds is 4. The maximum absolute atomic E-state index is 6.26. The molecule has 6 heteroatoms. The highest BCUT2D eigenvalue weighted by Crippen LogP contribution is 2.45. The fraction of sp³-hybridized carbons (Fsp3) is 0.333. The summed E-state index contributed by atoms with van der Waals surface area (Å²) in [5, 5.41) is 5.90. The summed E-state index contributed by atoms with van der Waals surface area (Å²) in [6, 6.07) is 11.8. The average molecular weight is 382 g/mol. The highest BCUT2D eigenvalue weighted by Gasteiger charge is 2.45. The molecule has 2 fully saturated rings. The van der Waals surface area contributed by atoms with Gasteiger partial charge in [0.2, 0.25) is 0 Å². The van der Waals surface area contributed by atoms with Crippen LogP contribution in [0.4, 0.5) is 11.5 Å². The second-order valence-electron chi connectivity index (χ2n) is 7.51. The Morgan fingerprint density at radius 2 is 2.07 bits per heavy atom. The van der Waals surface area contributed by atoms with E-state index in [1.165, 1.54) is 6.42 Å². The van der Waals surface area contributed by atoms with Crippen LogP contribution in [0.5, 0.6) is 5.75 Å². The predicted octanol–water partition coefficient (Wildman–Crippen LogP) is 4.97. The minimum Gasteiger partial charge on any atom is -0.490 e. The van der Waals surface area contributed by atoms with Crippen LogP contribution in [0.1, 0.15) is 19.3 Å². The molecular weight excluding hydrogens is 362 g/mol. The average Bonchev–Trinajstić information content (AvgIpc) is 3.08. The topological polar surface area (TPSA) is 56.3 Å². The lowest BCUT2D eigenvalue weighted by Crippen LogP contribution is -2.40. The SMILES string of the molecule is Clc1ccc(Nc2nccc3cc(O[C@H]4CCC5(COC5)C4)ccc23)cn1. The van der Waals surface area contributed by atoms with Gasteiger partial charge in [0.05, 0.1) is 31.2 Å². The molecule has 5 nitrogen and oxygen atoms in total. The summed E-state index contributed by atoms with van der Waals surface area (Å²) in [6.07, 6.45) is 7.18. The first-order chi connectivity index (χ1) is 13.2. The molecular formula is C21H20ClN3O2. The Bertz CT molecular complexity index is 973. The van der Waals surface area contributed by atoms with Gasteiger partial charge in [-0.3, -0.25) is 0 Å². The molecule has 2 aliphatic rings. The first kappa shape index (κ1) is 16.8. The van der Waals surface area contributed by atoms with Crippen molar-refractivity contribution in [3.05, 3.63) is 53.9 Å². The number of benzene rings is 1. The zero-order valence-corrected chi connectivity index (χ0v) is 15.6. The van der Waals surface area contributed by atoms with Crippen LogP contribution in [0, 0.1) is 5.41 Å². The van der Waals surface area contributed by atoms with E-state index in [0.29, 0.717) is 10.6 Å². The van der Waals surface area contributed by atoms with Gasteiger partial charge in [-0.05, 0) is 61.0 Å². The molecule has 1 aliphatic heterocycles. The van der Waals surface area contributed by atoms with Gasteiger partial charge in [-0.15, -0.1) is 0 Å². The third-order valence-corrected chi connectivity index (χ3v) is 5.73. The van der Waals surface area contributed by atoms with Gasteiger partial charge in [0.25, 0.3) is 0 Å². The van der Waals surface area contributed by atoms with Crippen LogP contribution in [-0.2, 0) is 4.74 Å². The van der Waals surface area contributed by atoms with Gasteiger partial charge in [-0.25, -0.2) is 9.97 Å². The first-order valence-corrected chi connectivity index (χ1v) is 9.59. The summed E-state index contributed by atoms with van der Waals surface area (Å²) >= 11 is 5.85. The molecule has 1 spiro atoms. The maximum atomic E-state index is 6.26. The quantitative estimate of drug-likeness (QED) is 0.646. The molecule has 2 aromatic heterocycles. The summed E-state index contributed by atoms with van der Waals surface area (Å²) in [7, 11) is 0. The van der Waals surface area contributed by atoms with E-state index in [4.69, 9.17) is 21.1 Å². The molecule has 5 rings (SSSR count). The molecule has 138 valence electrons. The highest BCUT2D eigenvalue weighted by molar-refractivity contribution is 6.29. The zero-order valence-electron chi connectivity index (χ0n) is 14.8. The largest absolute Gasteiger partial charge is 0.490 e. The van der Waals surface area contributed by atoms with Crippen molar-refractivity contribution in [2.24, 2.45) is 5.41 Å². The van der Waals surface area contributed by atoms with Gasteiger partial charge in [0, 0.05) is 17.0 Å². The monoisotopic (exact) mass is 381 g/mol. The Morgan fingerprint density at radius 3 is 2.81 bits per heavy atom. The summed E-state index contributed by atoms with van der Waals surface area (Å²) in [5.74, 6) is 1.70. The molecule has 3 heterocycles. The number of hydrogen-bond donors (Lipinski definition) is 1. The Morgan fingerprint density at radius 1 is 1.15 bits per heavy atom. The first-order valence-electron chi connectivity index (χ1n) is 9.21. The van der Waals surface area contributed by atoms with Crippen molar-refractivity contribution in [3.63, 3.8) is 0 Å². The van der Waals surface area contributed by atoms with Crippen molar-refractivity contribution >= 4 is 33.9 Å². The summed E-state index contributed by atoms with van der Waals surface area (Å²) < 4.78 is 11.7. The van der Waals surface area contributed by atoms with Crippen LogP contribution in [0.3, 0.4) is 0 Å². The van der Waals surface area contributed by atoms with Crippen LogP contribution in [0.25, 0.3) is 10.8 Å². The molecule has 0 radical (unpaired) electrons. The molecule has 1 saturated heterocycles. The highest BCUT2D eigenvalue weighted by atomic mass is 35.5. The lowest BCUT2D eigenvalue weighted by atomic mass is 9.84. The minimum absolute atomic E-state index is 0.283. The zero-order chi connectivity index (χ0) is 18.3. The van der Waals surface area contributed by atoms with E-state index in [1.807, 2.05) is 18.2 Å². The summed E-state index contributed by atoms with van der Waals surface area (Å²) in [5.41, 5.74) is 1.23. The van der Waals surface area contributed by atoms with Crippen molar-refractivity contribution in [2.45, 2.75) is 25.4 Å². The van der Waals surface area contributed by atoms with Gasteiger partial charge < -0.3 is 14.8 Å². The Kier molecular flexibility index (Phi) is 4.14.